The molecule has 2 N–H and O–H groups in total. The molecule has 0 radical (unpaired) electrons. The van der Waals surface area contributed by atoms with E-state index in [1.54, 1.807) is 7.11 Å². The van der Waals surface area contributed by atoms with Crippen molar-refractivity contribution in [3.05, 3.63) is 29.3 Å². The van der Waals surface area contributed by atoms with Crippen LogP contribution in [-0.4, -0.2) is 68.3 Å². The normalized spacial score (nSPS) is 19.8. The minimum Gasteiger partial charge on any atom is -0.388 e. The molecule has 0 spiro atoms. The Kier molecular flexibility index (Phi) is 8.51. The number of fused-ring (bicyclic) bond motifs is 1. The van der Waals surface area contributed by atoms with E-state index in [1.165, 1.54) is 0 Å². The molecule has 1 fully saturated rings. The molecular weight excluding hydrogens is 382 g/mol. The zero-order chi connectivity index (χ0) is 21.3. The van der Waals surface area contributed by atoms with Crippen LogP contribution in [0.25, 0.3) is 0 Å². The van der Waals surface area contributed by atoms with Crippen molar-refractivity contribution in [3.8, 4) is 0 Å². The van der Waals surface area contributed by atoms with Crippen molar-refractivity contribution < 1.29 is 19.4 Å². The fraction of sp³-hybridized carbons (Fsp3) is 0.652. The van der Waals surface area contributed by atoms with Crippen LogP contribution in [0.4, 0.5) is 5.69 Å². The maximum absolute atomic E-state index is 12.7. The molecule has 30 heavy (non-hydrogen) atoms. The highest BCUT2D eigenvalue weighted by molar-refractivity contribution is 5.95. The van der Waals surface area contributed by atoms with Crippen molar-refractivity contribution in [1.29, 1.82) is 0 Å². The number of nitrogens with zero attached hydrogens (tertiary/aromatic N) is 2. The van der Waals surface area contributed by atoms with Crippen LogP contribution in [0.5, 0.6) is 0 Å². The van der Waals surface area contributed by atoms with E-state index in [1.807, 2.05) is 23.1 Å². The maximum atomic E-state index is 12.7. The smallest absolute Gasteiger partial charge is 0.251 e. The third kappa shape index (κ3) is 5.95. The Morgan fingerprint density at radius 1 is 1.17 bits per heavy atom. The number of likely N-dealkylation sites (tertiary alicyclic amines) is 1. The molecule has 2 amide bonds. The van der Waals surface area contributed by atoms with Crippen molar-refractivity contribution >= 4 is 17.5 Å². The van der Waals surface area contributed by atoms with Gasteiger partial charge in [0.1, 0.15) is 0 Å². The Bertz CT molecular complexity index is 724. The Morgan fingerprint density at radius 3 is 2.77 bits per heavy atom. The summed E-state index contributed by atoms with van der Waals surface area (Å²) in [6, 6.07) is 5.63. The lowest BCUT2D eigenvalue weighted by Gasteiger charge is -2.28. The number of anilines is 1. The summed E-state index contributed by atoms with van der Waals surface area (Å²) in [5.74, 6) is 0.0759. The van der Waals surface area contributed by atoms with Crippen molar-refractivity contribution in [2.45, 2.75) is 51.0 Å². The van der Waals surface area contributed by atoms with Gasteiger partial charge in [0.05, 0.1) is 12.7 Å². The molecule has 3 rings (SSSR count). The van der Waals surface area contributed by atoms with Gasteiger partial charge in [-0.3, -0.25) is 9.59 Å². The largest absolute Gasteiger partial charge is 0.388 e. The predicted octanol–water partition coefficient (Wildman–Crippen LogP) is 2.49. The summed E-state index contributed by atoms with van der Waals surface area (Å²) >= 11 is 0. The standard InChI is InChI=1S/C23H35N3O4/c1-30-16-15-25-12-4-2-3-7-21(27)19-17-18(9-10-20(19)25)23(29)24-11-6-14-26-13-5-8-22(26)28/h9-10,17,21,27H,2-8,11-16H2,1H3,(H,24,29). The Hall–Kier alpha value is -2.12. The second-order valence-corrected chi connectivity index (χ2v) is 8.21. The first-order valence-electron chi connectivity index (χ1n) is 11.2. The number of hydrogen-bond donors (Lipinski definition) is 2. The van der Waals surface area contributed by atoms with Crippen LogP contribution < -0.4 is 10.2 Å². The first kappa shape index (κ1) is 22.6. The van der Waals surface area contributed by atoms with Crippen LogP contribution in [-0.2, 0) is 9.53 Å². The third-order valence-electron chi connectivity index (χ3n) is 6.02. The second kappa shape index (κ2) is 11.3. The number of carbonyl (C=O) groups is 2. The molecular formula is C23H35N3O4. The lowest BCUT2D eigenvalue weighted by Crippen LogP contribution is -2.31. The minimum absolute atomic E-state index is 0.138. The average Bonchev–Trinajstić information content (AvgIpc) is 3.19. The van der Waals surface area contributed by atoms with E-state index < -0.39 is 6.10 Å². The van der Waals surface area contributed by atoms with E-state index in [0.717, 1.165) is 63.0 Å². The lowest BCUT2D eigenvalue weighted by molar-refractivity contribution is -0.127. The van der Waals surface area contributed by atoms with Crippen molar-refractivity contribution in [2.75, 3.05) is 51.3 Å². The molecule has 0 saturated carbocycles. The number of rotatable bonds is 8. The number of aliphatic hydroxyl groups excluding tert-OH is 1. The van der Waals surface area contributed by atoms with Crippen LogP contribution in [0.2, 0.25) is 0 Å². The van der Waals surface area contributed by atoms with Crippen molar-refractivity contribution in [2.24, 2.45) is 0 Å². The third-order valence-corrected chi connectivity index (χ3v) is 6.02. The second-order valence-electron chi connectivity index (χ2n) is 8.21. The van der Waals surface area contributed by atoms with Gasteiger partial charge in [-0.15, -0.1) is 0 Å². The van der Waals surface area contributed by atoms with Crippen LogP contribution in [0.15, 0.2) is 18.2 Å². The van der Waals surface area contributed by atoms with E-state index in [2.05, 4.69) is 10.2 Å². The fourth-order valence-electron chi connectivity index (χ4n) is 4.29. The van der Waals surface area contributed by atoms with Gasteiger partial charge >= 0.3 is 0 Å². The maximum Gasteiger partial charge on any atom is 0.251 e. The Labute approximate surface area is 179 Å². The van der Waals surface area contributed by atoms with E-state index >= 15 is 0 Å². The zero-order valence-electron chi connectivity index (χ0n) is 18.1. The molecule has 0 aliphatic carbocycles. The van der Waals surface area contributed by atoms with Crippen LogP contribution in [0.3, 0.4) is 0 Å². The molecule has 1 saturated heterocycles. The molecule has 7 nitrogen and oxygen atoms in total. The van der Waals surface area contributed by atoms with Crippen molar-refractivity contribution in [1.82, 2.24) is 10.2 Å². The van der Waals surface area contributed by atoms with Gasteiger partial charge in [-0.25, -0.2) is 0 Å². The number of carbonyl (C=O) groups excluding carboxylic acids is 2. The topological polar surface area (TPSA) is 82.1 Å². The summed E-state index contributed by atoms with van der Waals surface area (Å²) in [7, 11) is 1.69. The van der Waals surface area contributed by atoms with Gasteiger partial charge in [-0.2, -0.15) is 0 Å². The van der Waals surface area contributed by atoms with E-state index in [-0.39, 0.29) is 11.8 Å². The predicted molar refractivity (Wildman–Crippen MR) is 117 cm³/mol. The molecule has 2 aliphatic rings. The quantitative estimate of drug-likeness (QED) is 0.635. The number of aliphatic hydroxyl groups is 1. The van der Waals surface area contributed by atoms with Gasteiger partial charge in [-0.05, 0) is 43.9 Å². The summed E-state index contributed by atoms with van der Waals surface area (Å²) in [6.45, 7) is 4.35. The SMILES string of the molecule is COCCN1CCCCCC(O)c2cc(C(=O)NCCCN3CCCC3=O)ccc21. The first-order valence-corrected chi connectivity index (χ1v) is 11.2. The van der Waals surface area contributed by atoms with Crippen LogP contribution in [0.1, 0.15) is 67.0 Å². The summed E-state index contributed by atoms with van der Waals surface area (Å²) in [5.41, 5.74) is 2.38. The summed E-state index contributed by atoms with van der Waals surface area (Å²) in [5, 5.41) is 13.7. The van der Waals surface area contributed by atoms with Gasteiger partial charge in [0.15, 0.2) is 0 Å². The van der Waals surface area contributed by atoms with E-state index in [9.17, 15) is 14.7 Å². The number of nitrogens with one attached hydrogen (secondary N) is 1. The highest BCUT2D eigenvalue weighted by Crippen LogP contribution is 2.32. The molecule has 1 atom stereocenters. The number of benzene rings is 1. The van der Waals surface area contributed by atoms with Gasteiger partial charge in [0.2, 0.25) is 5.91 Å². The van der Waals surface area contributed by atoms with Crippen LogP contribution >= 0.6 is 0 Å². The fourth-order valence-corrected chi connectivity index (χ4v) is 4.29. The zero-order valence-corrected chi connectivity index (χ0v) is 18.1. The molecule has 7 heteroatoms. The summed E-state index contributed by atoms with van der Waals surface area (Å²) in [6.07, 6.45) is 5.60. The van der Waals surface area contributed by atoms with Crippen molar-refractivity contribution in [3.63, 3.8) is 0 Å². The molecule has 1 aromatic carbocycles. The highest BCUT2D eigenvalue weighted by Gasteiger charge is 2.22. The van der Waals surface area contributed by atoms with Gasteiger partial charge in [0, 0.05) is 63.1 Å². The molecule has 2 aliphatic heterocycles. The molecule has 0 aromatic heterocycles. The number of amides is 2. The Balaban J connectivity index is 1.64. The molecule has 0 bridgehead atoms. The molecule has 166 valence electrons. The summed E-state index contributed by atoms with van der Waals surface area (Å²) in [4.78, 5) is 28.4. The van der Waals surface area contributed by atoms with E-state index in [4.69, 9.17) is 4.74 Å². The minimum atomic E-state index is -0.572. The monoisotopic (exact) mass is 417 g/mol. The molecule has 2 heterocycles. The summed E-state index contributed by atoms with van der Waals surface area (Å²) < 4.78 is 5.26. The lowest BCUT2D eigenvalue weighted by atomic mass is 9.99. The molecule has 1 aromatic rings. The van der Waals surface area contributed by atoms with Crippen LogP contribution in [0, 0.1) is 0 Å². The number of hydrogen-bond acceptors (Lipinski definition) is 5. The van der Waals surface area contributed by atoms with Gasteiger partial charge in [0.25, 0.3) is 5.91 Å². The van der Waals surface area contributed by atoms with E-state index in [0.29, 0.717) is 38.1 Å². The number of ether oxygens (including phenoxy) is 1. The first-order chi connectivity index (χ1) is 14.6. The molecule has 1 unspecified atom stereocenters. The average molecular weight is 418 g/mol. The van der Waals surface area contributed by atoms with Gasteiger partial charge < -0.3 is 25.0 Å². The number of methoxy groups -OCH3 is 1. The highest BCUT2D eigenvalue weighted by atomic mass is 16.5. The Morgan fingerprint density at radius 2 is 2.00 bits per heavy atom. The van der Waals surface area contributed by atoms with Gasteiger partial charge in [-0.1, -0.05) is 12.8 Å².